The van der Waals surface area contributed by atoms with Gasteiger partial charge < -0.3 is 13.7 Å². The molecule has 4 rings (SSSR count). The minimum absolute atomic E-state index is 0.0236. The number of aryl methyl sites for hydroxylation is 3. The number of amides is 1. The zero-order chi connectivity index (χ0) is 22.2. The molecule has 1 aliphatic rings. The summed E-state index contributed by atoms with van der Waals surface area (Å²) < 4.78 is 44.3. The molecule has 0 spiro atoms. The van der Waals surface area contributed by atoms with E-state index in [4.69, 9.17) is 13.7 Å². The van der Waals surface area contributed by atoms with Gasteiger partial charge in [0.1, 0.15) is 17.3 Å². The van der Waals surface area contributed by atoms with Crippen molar-refractivity contribution in [1.82, 2.24) is 14.9 Å². The van der Waals surface area contributed by atoms with E-state index in [1.165, 1.54) is 11.0 Å². The molecule has 0 fully saturated rings. The number of sulfonamides is 1. The first kappa shape index (κ1) is 21.1. The zero-order valence-corrected chi connectivity index (χ0v) is 18.2. The molecule has 1 aromatic carbocycles. The number of hydrogen-bond donors (Lipinski definition) is 1. The van der Waals surface area contributed by atoms with E-state index in [9.17, 15) is 13.2 Å². The van der Waals surface area contributed by atoms with E-state index in [1.54, 1.807) is 32.0 Å². The van der Waals surface area contributed by atoms with Crippen LogP contribution >= 0.6 is 0 Å². The molecule has 1 aliphatic heterocycles. The first-order valence-electron chi connectivity index (χ1n) is 9.71. The number of benzene rings is 1. The number of hydrogen-bond acceptors (Lipinski definition) is 8. The summed E-state index contributed by atoms with van der Waals surface area (Å²) in [5.74, 6) is 2.06. The van der Waals surface area contributed by atoms with E-state index in [0.717, 1.165) is 0 Å². The Hall–Kier alpha value is -3.18. The Balaban J connectivity index is 1.60. The molecule has 1 amide bonds. The fourth-order valence-corrected chi connectivity index (χ4v) is 4.49. The summed E-state index contributed by atoms with van der Waals surface area (Å²) in [6.45, 7) is 5.24. The van der Waals surface area contributed by atoms with Crippen LogP contribution in [-0.4, -0.2) is 31.1 Å². The molecule has 0 saturated carbocycles. The maximum Gasteiger partial charge on any atom is 0.265 e. The number of nitrogens with one attached hydrogen (secondary N) is 1. The van der Waals surface area contributed by atoms with E-state index in [2.05, 4.69) is 14.9 Å². The van der Waals surface area contributed by atoms with Crippen LogP contribution < -0.4 is 14.4 Å². The molecule has 164 valence electrons. The van der Waals surface area contributed by atoms with Crippen molar-refractivity contribution in [2.75, 3.05) is 11.5 Å². The van der Waals surface area contributed by atoms with Crippen LogP contribution in [0.4, 0.5) is 5.69 Å². The Kier molecular flexibility index (Phi) is 5.54. The van der Waals surface area contributed by atoms with Crippen molar-refractivity contribution in [2.45, 2.75) is 45.2 Å². The van der Waals surface area contributed by atoms with E-state index in [-0.39, 0.29) is 30.5 Å². The highest BCUT2D eigenvalue weighted by molar-refractivity contribution is 7.89. The second-order valence-electron chi connectivity index (χ2n) is 7.15. The predicted molar refractivity (Wildman–Crippen MR) is 109 cm³/mol. The number of rotatable bonds is 7. The molecule has 3 heterocycles. The van der Waals surface area contributed by atoms with Crippen LogP contribution in [-0.2, 0) is 34.3 Å². The van der Waals surface area contributed by atoms with Crippen LogP contribution in [0.1, 0.15) is 35.7 Å². The van der Waals surface area contributed by atoms with Gasteiger partial charge in [-0.3, -0.25) is 9.69 Å². The molecule has 0 aliphatic carbocycles. The second-order valence-corrected chi connectivity index (χ2v) is 8.88. The van der Waals surface area contributed by atoms with Gasteiger partial charge in [-0.1, -0.05) is 12.1 Å². The van der Waals surface area contributed by atoms with Gasteiger partial charge in [-0.15, -0.1) is 0 Å². The minimum atomic E-state index is -3.84. The lowest BCUT2D eigenvalue weighted by molar-refractivity contribution is -0.121. The lowest BCUT2D eigenvalue weighted by Gasteiger charge is -2.29. The SMILES string of the molecule is CCc1nc(CN2C(=O)COc3cc(S(=O)(=O)NCc4ccc(C)o4)c(C)cc32)no1. The molecule has 0 atom stereocenters. The average molecular weight is 446 g/mol. The third kappa shape index (κ3) is 4.32. The number of anilines is 1. The summed E-state index contributed by atoms with van der Waals surface area (Å²) in [4.78, 5) is 18.2. The summed E-state index contributed by atoms with van der Waals surface area (Å²) in [5.41, 5.74) is 0.921. The van der Waals surface area contributed by atoms with Gasteiger partial charge >= 0.3 is 0 Å². The van der Waals surface area contributed by atoms with Crippen molar-refractivity contribution in [3.8, 4) is 5.75 Å². The van der Waals surface area contributed by atoms with E-state index >= 15 is 0 Å². The topological polar surface area (TPSA) is 128 Å². The van der Waals surface area contributed by atoms with Crippen molar-refractivity contribution in [2.24, 2.45) is 0 Å². The fraction of sp³-hybridized carbons (Fsp3) is 0.350. The molecule has 3 aromatic rings. The monoisotopic (exact) mass is 446 g/mol. The Morgan fingerprint density at radius 3 is 2.71 bits per heavy atom. The number of aromatic nitrogens is 2. The number of furan rings is 1. The first-order valence-corrected chi connectivity index (χ1v) is 11.2. The van der Waals surface area contributed by atoms with Gasteiger partial charge in [0.05, 0.1) is 23.7 Å². The largest absolute Gasteiger partial charge is 0.482 e. The van der Waals surface area contributed by atoms with Crippen LogP contribution in [0.5, 0.6) is 5.75 Å². The maximum absolute atomic E-state index is 12.9. The molecular formula is C20H22N4O6S. The van der Waals surface area contributed by atoms with Crippen LogP contribution in [0, 0.1) is 13.8 Å². The van der Waals surface area contributed by atoms with E-state index in [1.807, 2.05) is 6.92 Å². The van der Waals surface area contributed by atoms with Crippen LogP contribution in [0.15, 0.2) is 38.1 Å². The minimum Gasteiger partial charge on any atom is -0.482 e. The van der Waals surface area contributed by atoms with Gasteiger partial charge in [-0.25, -0.2) is 13.1 Å². The van der Waals surface area contributed by atoms with E-state index < -0.39 is 10.0 Å². The third-order valence-corrected chi connectivity index (χ3v) is 6.38. The van der Waals surface area contributed by atoms with Crippen LogP contribution in [0.3, 0.4) is 0 Å². The van der Waals surface area contributed by atoms with Crippen molar-refractivity contribution in [1.29, 1.82) is 0 Å². The molecule has 0 unspecified atom stereocenters. The Bertz CT molecular complexity index is 1230. The lowest BCUT2D eigenvalue weighted by Crippen LogP contribution is -2.38. The molecule has 0 radical (unpaired) electrons. The Morgan fingerprint density at radius 2 is 2.03 bits per heavy atom. The number of nitrogens with zero attached hydrogens (tertiary/aromatic N) is 3. The Labute approximate surface area is 179 Å². The second kappa shape index (κ2) is 8.16. The highest BCUT2D eigenvalue weighted by atomic mass is 32.2. The molecule has 0 bridgehead atoms. The molecule has 11 heteroatoms. The zero-order valence-electron chi connectivity index (χ0n) is 17.3. The van der Waals surface area contributed by atoms with Crippen molar-refractivity contribution >= 4 is 21.6 Å². The molecule has 31 heavy (non-hydrogen) atoms. The summed E-state index contributed by atoms with van der Waals surface area (Å²) in [6.07, 6.45) is 0.589. The number of carbonyl (C=O) groups is 1. The number of fused-ring (bicyclic) bond motifs is 1. The summed E-state index contributed by atoms with van der Waals surface area (Å²) in [5, 5.41) is 3.89. The summed E-state index contributed by atoms with van der Waals surface area (Å²) in [6, 6.07) is 6.51. The van der Waals surface area contributed by atoms with Crippen LogP contribution in [0.25, 0.3) is 0 Å². The lowest BCUT2D eigenvalue weighted by atomic mass is 10.1. The summed E-state index contributed by atoms with van der Waals surface area (Å²) >= 11 is 0. The van der Waals surface area contributed by atoms with E-state index in [0.29, 0.717) is 46.7 Å². The highest BCUT2D eigenvalue weighted by Crippen LogP contribution is 2.37. The highest BCUT2D eigenvalue weighted by Gasteiger charge is 2.30. The predicted octanol–water partition coefficient (Wildman–Crippen LogP) is 2.25. The maximum atomic E-state index is 12.9. The van der Waals surface area contributed by atoms with Gasteiger partial charge in [0, 0.05) is 12.5 Å². The molecule has 1 N–H and O–H groups in total. The molecule has 0 saturated heterocycles. The molecule has 10 nitrogen and oxygen atoms in total. The van der Waals surface area contributed by atoms with Crippen LogP contribution in [0.2, 0.25) is 0 Å². The Morgan fingerprint density at radius 1 is 1.23 bits per heavy atom. The van der Waals surface area contributed by atoms with Gasteiger partial charge in [-0.05, 0) is 37.6 Å². The fourth-order valence-electron chi connectivity index (χ4n) is 3.26. The van der Waals surface area contributed by atoms with Crippen molar-refractivity contribution in [3.05, 3.63) is 53.1 Å². The quantitative estimate of drug-likeness (QED) is 0.585. The van der Waals surface area contributed by atoms with Gasteiger partial charge in [0.25, 0.3) is 5.91 Å². The average Bonchev–Trinajstić information content (AvgIpc) is 3.37. The molecular weight excluding hydrogens is 424 g/mol. The standard InChI is InChI=1S/C20H22N4O6S/c1-4-19-22-18(23-30-19)10-24-15-7-12(2)17(8-16(15)28-11-20(24)25)31(26,27)21-9-14-6-5-13(3)29-14/h5-8,21H,4,9-11H2,1-3H3. The number of carbonyl (C=O) groups excluding carboxylic acids is 1. The van der Waals surface area contributed by atoms with Crippen molar-refractivity contribution in [3.63, 3.8) is 0 Å². The number of ether oxygens (including phenoxy) is 1. The smallest absolute Gasteiger partial charge is 0.265 e. The normalized spacial score (nSPS) is 13.9. The first-order chi connectivity index (χ1) is 14.8. The van der Waals surface area contributed by atoms with Crippen molar-refractivity contribution < 1.29 is 26.9 Å². The van der Waals surface area contributed by atoms with Gasteiger partial charge in [-0.2, -0.15) is 4.98 Å². The molecule has 2 aromatic heterocycles. The third-order valence-electron chi connectivity index (χ3n) is 4.83. The van der Waals surface area contributed by atoms with Gasteiger partial charge in [0.15, 0.2) is 12.4 Å². The van der Waals surface area contributed by atoms with Gasteiger partial charge in [0.2, 0.25) is 15.9 Å². The summed E-state index contributed by atoms with van der Waals surface area (Å²) in [7, 11) is -3.84.